The van der Waals surface area contributed by atoms with Crippen molar-refractivity contribution >= 4 is 17.0 Å². The normalized spacial score (nSPS) is 12.8. The second kappa shape index (κ2) is 4.33. The summed E-state index contributed by atoms with van der Waals surface area (Å²) in [5, 5.41) is 8.80. The van der Waals surface area contributed by atoms with Gasteiger partial charge in [0.25, 0.3) is 0 Å². The van der Waals surface area contributed by atoms with E-state index in [0.717, 1.165) is 16.6 Å². The Labute approximate surface area is 104 Å². The van der Waals surface area contributed by atoms with Crippen LogP contribution in [0.2, 0.25) is 0 Å². The summed E-state index contributed by atoms with van der Waals surface area (Å²) in [5.74, 6) is -0.883. The SMILES string of the molecule is C[C@H](CC(=O)O)c1ccc2c(c1)n(C)c(=O)n2C. The number of aryl methyl sites for hydroxylation is 2. The smallest absolute Gasteiger partial charge is 0.328 e. The van der Waals surface area contributed by atoms with Gasteiger partial charge >= 0.3 is 11.7 Å². The van der Waals surface area contributed by atoms with Gasteiger partial charge in [-0.25, -0.2) is 4.79 Å². The topological polar surface area (TPSA) is 64.2 Å². The van der Waals surface area contributed by atoms with E-state index in [1.54, 1.807) is 23.2 Å². The molecule has 0 saturated heterocycles. The van der Waals surface area contributed by atoms with Gasteiger partial charge in [0, 0.05) is 14.1 Å². The van der Waals surface area contributed by atoms with E-state index < -0.39 is 5.97 Å². The first-order valence-electron chi connectivity index (χ1n) is 5.79. The van der Waals surface area contributed by atoms with Crippen molar-refractivity contribution < 1.29 is 9.90 Å². The molecule has 2 aromatic rings. The number of benzene rings is 1. The lowest BCUT2D eigenvalue weighted by molar-refractivity contribution is -0.137. The average Bonchev–Trinajstić information content (AvgIpc) is 2.53. The van der Waals surface area contributed by atoms with Crippen molar-refractivity contribution in [2.45, 2.75) is 19.3 Å². The van der Waals surface area contributed by atoms with Gasteiger partial charge in [-0.05, 0) is 23.6 Å². The minimum absolute atomic E-state index is 0.0674. The highest BCUT2D eigenvalue weighted by atomic mass is 16.4. The van der Waals surface area contributed by atoms with Crippen molar-refractivity contribution in [2.24, 2.45) is 14.1 Å². The van der Waals surface area contributed by atoms with Gasteiger partial charge in [0.1, 0.15) is 0 Å². The quantitative estimate of drug-likeness (QED) is 0.894. The Hall–Kier alpha value is -2.04. The lowest BCUT2D eigenvalue weighted by atomic mass is 9.97. The number of aliphatic carboxylic acids is 1. The number of rotatable bonds is 3. The van der Waals surface area contributed by atoms with E-state index in [1.807, 2.05) is 25.1 Å². The van der Waals surface area contributed by atoms with E-state index in [4.69, 9.17) is 5.11 Å². The molecule has 0 fully saturated rings. The third-order valence-electron chi connectivity index (χ3n) is 3.35. The van der Waals surface area contributed by atoms with Crippen LogP contribution in [0.3, 0.4) is 0 Å². The molecule has 1 aromatic heterocycles. The minimum atomic E-state index is -0.815. The molecule has 2 rings (SSSR count). The molecular formula is C13H16N2O3. The number of nitrogens with zero attached hydrogens (tertiary/aromatic N) is 2. The monoisotopic (exact) mass is 248 g/mol. The number of imidazole rings is 1. The Morgan fingerprint density at radius 1 is 1.28 bits per heavy atom. The molecule has 0 saturated carbocycles. The van der Waals surface area contributed by atoms with E-state index in [9.17, 15) is 9.59 Å². The number of fused-ring (bicyclic) bond motifs is 1. The highest BCUT2D eigenvalue weighted by Crippen LogP contribution is 2.23. The average molecular weight is 248 g/mol. The molecule has 0 aliphatic carbocycles. The Morgan fingerprint density at radius 3 is 2.50 bits per heavy atom. The first kappa shape index (κ1) is 12.4. The largest absolute Gasteiger partial charge is 0.481 e. The third kappa shape index (κ3) is 1.92. The summed E-state index contributed by atoms with van der Waals surface area (Å²) in [6.07, 6.45) is 0.0896. The summed E-state index contributed by atoms with van der Waals surface area (Å²) in [7, 11) is 3.45. The molecule has 0 aliphatic rings. The maximum atomic E-state index is 11.8. The van der Waals surface area contributed by atoms with Gasteiger partial charge in [-0.2, -0.15) is 0 Å². The van der Waals surface area contributed by atoms with Crippen molar-refractivity contribution in [3.8, 4) is 0 Å². The minimum Gasteiger partial charge on any atom is -0.481 e. The van der Waals surface area contributed by atoms with E-state index in [2.05, 4.69) is 0 Å². The fourth-order valence-corrected chi connectivity index (χ4v) is 2.21. The molecule has 0 amide bonds. The molecule has 5 nitrogen and oxygen atoms in total. The van der Waals surface area contributed by atoms with Crippen LogP contribution in [0.25, 0.3) is 11.0 Å². The number of hydrogen-bond donors (Lipinski definition) is 1. The molecule has 0 aliphatic heterocycles. The molecular weight excluding hydrogens is 232 g/mol. The molecule has 1 N–H and O–H groups in total. The van der Waals surface area contributed by atoms with Crippen LogP contribution in [0.1, 0.15) is 24.8 Å². The zero-order chi connectivity index (χ0) is 13.4. The van der Waals surface area contributed by atoms with Crippen molar-refractivity contribution in [3.05, 3.63) is 34.2 Å². The number of hydrogen-bond acceptors (Lipinski definition) is 2. The number of carboxylic acid groups (broad SMARTS) is 1. The lowest BCUT2D eigenvalue weighted by Crippen LogP contribution is -2.19. The summed E-state index contributed by atoms with van der Waals surface area (Å²) in [5.41, 5.74) is 2.55. The van der Waals surface area contributed by atoms with Crippen molar-refractivity contribution in [1.82, 2.24) is 9.13 Å². The first-order valence-corrected chi connectivity index (χ1v) is 5.79. The molecule has 18 heavy (non-hydrogen) atoms. The van der Waals surface area contributed by atoms with Crippen LogP contribution in [-0.4, -0.2) is 20.2 Å². The van der Waals surface area contributed by atoms with Crippen molar-refractivity contribution in [3.63, 3.8) is 0 Å². The second-order valence-electron chi connectivity index (χ2n) is 4.65. The molecule has 96 valence electrons. The van der Waals surface area contributed by atoms with Gasteiger partial charge in [-0.15, -0.1) is 0 Å². The summed E-state index contributed by atoms with van der Waals surface area (Å²) in [6.45, 7) is 1.87. The van der Waals surface area contributed by atoms with Crippen molar-refractivity contribution in [1.29, 1.82) is 0 Å². The van der Waals surface area contributed by atoms with E-state index in [0.29, 0.717) is 0 Å². The van der Waals surface area contributed by atoms with E-state index in [1.165, 1.54) is 0 Å². The molecule has 0 bridgehead atoms. The van der Waals surface area contributed by atoms with Crippen molar-refractivity contribution in [2.75, 3.05) is 0 Å². The molecule has 1 aromatic carbocycles. The molecule has 1 heterocycles. The highest BCUT2D eigenvalue weighted by molar-refractivity contribution is 5.77. The van der Waals surface area contributed by atoms with Gasteiger partial charge in [0.15, 0.2) is 0 Å². The molecule has 0 unspecified atom stereocenters. The first-order chi connectivity index (χ1) is 8.41. The van der Waals surface area contributed by atoms with Crippen LogP contribution in [0.4, 0.5) is 0 Å². The molecule has 0 radical (unpaired) electrons. The molecule has 0 spiro atoms. The summed E-state index contributed by atoms with van der Waals surface area (Å²) >= 11 is 0. The maximum absolute atomic E-state index is 11.8. The summed E-state index contributed by atoms with van der Waals surface area (Å²) in [4.78, 5) is 22.5. The van der Waals surface area contributed by atoms with Crippen LogP contribution >= 0.6 is 0 Å². The molecule has 5 heteroatoms. The van der Waals surface area contributed by atoms with Crippen LogP contribution < -0.4 is 5.69 Å². The third-order valence-corrected chi connectivity index (χ3v) is 3.35. The van der Waals surface area contributed by atoms with Gasteiger partial charge in [-0.1, -0.05) is 13.0 Å². The maximum Gasteiger partial charge on any atom is 0.328 e. The van der Waals surface area contributed by atoms with E-state index >= 15 is 0 Å². The number of carboxylic acids is 1. The Kier molecular flexibility index (Phi) is 2.98. The zero-order valence-corrected chi connectivity index (χ0v) is 10.7. The van der Waals surface area contributed by atoms with Gasteiger partial charge < -0.3 is 5.11 Å². The van der Waals surface area contributed by atoms with Crippen LogP contribution in [0.5, 0.6) is 0 Å². The second-order valence-corrected chi connectivity index (χ2v) is 4.65. The standard InChI is InChI=1S/C13H16N2O3/c1-8(6-12(16)17)9-4-5-10-11(7-9)15(3)13(18)14(10)2/h4-5,7-8H,6H2,1-3H3,(H,16,17)/t8-/m1/s1. The van der Waals surface area contributed by atoms with E-state index in [-0.39, 0.29) is 18.0 Å². The van der Waals surface area contributed by atoms with Crippen LogP contribution in [0.15, 0.2) is 23.0 Å². The predicted molar refractivity (Wildman–Crippen MR) is 68.8 cm³/mol. The Balaban J connectivity index is 2.54. The summed E-state index contributed by atoms with van der Waals surface area (Å²) in [6, 6.07) is 5.64. The molecule has 1 atom stereocenters. The predicted octanol–water partition coefficient (Wildman–Crippen LogP) is 1.46. The van der Waals surface area contributed by atoms with Crippen LogP contribution in [-0.2, 0) is 18.9 Å². The highest BCUT2D eigenvalue weighted by Gasteiger charge is 2.13. The van der Waals surface area contributed by atoms with Gasteiger partial charge in [0.05, 0.1) is 17.5 Å². The number of carbonyl (C=O) groups is 1. The number of aromatic nitrogens is 2. The Bertz CT molecular complexity index is 667. The fraction of sp³-hybridized carbons (Fsp3) is 0.385. The van der Waals surface area contributed by atoms with Gasteiger partial charge in [0.2, 0.25) is 0 Å². The van der Waals surface area contributed by atoms with Crippen LogP contribution in [0, 0.1) is 0 Å². The Morgan fingerprint density at radius 2 is 1.89 bits per heavy atom. The lowest BCUT2D eigenvalue weighted by Gasteiger charge is -2.09. The van der Waals surface area contributed by atoms with Gasteiger partial charge in [-0.3, -0.25) is 13.9 Å². The fourth-order valence-electron chi connectivity index (χ4n) is 2.21. The summed E-state index contributed by atoms with van der Waals surface area (Å²) < 4.78 is 3.16. The zero-order valence-electron chi connectivity index (χ0n) is 10.7.